The van der Waals surface area contributed by atoms with E-state index in [0.717, 1.165) is 19.3 Å². The Balaban J connectivity index is 2.08. The molecule has 1 N–H and O–H groups in total. The summed E-state index contributed by atoms with van der Waals surface area (Å²) in [6.07, 6.45) is 4.14. The second-order valence-corrected chi connectivity index (χ2v) is 4.97. The smallest absolute Gasteiger partial charge is 0.0434 e. The van der Waals surface area contributed by atoms with E-state index in [2.05, 4.69) is 55.5 Å². The number of aliphatic hydroxyl groups is 1. The molecule has 100 valence electrons. The highest BCUT2D eigenvalue weighted by molar-refractivity contribution is 5.63. The predicted octanol–water partition coefficient (Wildman–Crippen LogP) is 4.23. The second kappa shape index (κ2) is 7.10. The van der Waals surface area contributed by atoms with Gasteiger partial charge in [0, 0.05) is 6.61 Å². The van der Waals surface area contributed by atoms with Crippen molar-refractivity contribution in [2.45, 2.75) is 32.6 Å². The molecule has 0 amide bonds. The third-order valence-electron chi connectivity index (χ3n) is 3.40. The molecular weight excluding hydrogens is 232 g/mol. The highest BCUT2D eigenvalue weighted by atomic mass is 16.2. The second-order valence-electron chi connectivity index (χ2n) is 4.97. The number of hydrogen-bond donors (Lipinski definition) is 1. The van der Waals surface area contributed by atoms with E-state index in [1.165, 1.54) is 28.7 Å². The SMILES string of the molecule is CCCc1ccc(-c2ccc(CCCO)cc2)cc1. The van der Waals surface area contributed by atoms with E-state index < -0.39 is 0 Å². The molecule has 0 atom stereocenters. The Morgan fingerprint density at radius 3 is 1.63 bits per heavy atom. The van der Waals surface area contributed by atoms with Gasteiger partial charge < -0.3 is 5.11 Å². The van der Waals surface area contributed by atoms with E-state index in [1.807, 2.05) is 0 Å². The molecule has 0 aromatic heterocycles. The molecule has 1 heteroatoms. The van der Waals surface area contributed by atoms with Crippen LogP contribution in [-0.2, 0) is 12.8 Å². The molecule has 19 heavy (non-hydrogen) atoms. The third-order valence-corrected chi connectivity index (χ3v) is 3.40. The summed E-state index contributed by atoms with van der Waals surface area (Å²) < 4.78 is 0. The van der Waals surface area contributed by atoms with E-state index >= 15 is 0 Å². The van der Waals surface area contributed by atoms with Crippen LogP contribution in [0.1, 0.15) is 30.9 Å². The zero-order chi connectivity index (χ0) is 13.5. The van der Waals surface area contributed by atoms with Gasteiger partial charge in [0.15, 0.2) is 0 Å². The summed E-state index contributed by atoms with van der Waals surface area (Å²) >= 11 is 0. The normalized spacial score (nSPS) is 10.6. The van der Waals surface area contributed by atoms with E-state index in [1.54, 1.807) is 0 Å². The Morgan fingerprint density at radius 2 is 1.21 bits per heavy atom. The highest BCUT2D eigenvalue weighted by Gasteiger charge is 1.99. The van der Waals surface area contributed by atoms with Crippen molar-refractivity contribution in [2.75, 3.05) is 6.61 Å². The van der Waals surface area contributed by atoms with Gasteiger partial charge in [-0.15, -0.1) is 0 Å². The molecule has 2 rings (SSSR count). The molecule has 0 saturated heterocycles. The minimum Gasteiger partial charge on any atom is -0.396 e. The first-order valence-corrected chi connectivity index (χ1v) is 7.12. The van der Waals surface area contributed by atoms with Gasteiger partial charge in [-0.2, -0.15) is 0 Å². The average molecular weight is 254 g/mol. The van der Waals surface area contributed by atoms with Gasteiger partial charge in [-0.05, 0) is 41.5 Å². The Morgan fingerprint density at radius 1 is 0.737 bits per heavy atom. The lowest BCUT2D eigenvalue weighted by Gasteiger charge is -2.05. The van der Waals surface area contributed by atoms with Crippen molar-refractivity contribution in [3.63, 3.8) is 0 Å². The van der Waals surface area contributed by atoms with Crippen LogP contribution in [0.5, 0.6) is 0 Å². The minimum absolute atomic E-state index is 0.265. The minimum atomic E-state index is 0.265. The molecule has 0 aliphatic rings. The predicted molar refractivity (Wildman–Crippen MR) is 81.3 cm³/mol. The van der Waals surface area contributed by atoms with Gasteiger partial charge in [-0.1, -0.05) is 61.9 Å². The largest absolute Gasteiger partial charge is 0.396 e. The van der Waals surface area contributed by atoms with E-state index in [4.69, 9.17) is 5.11 Å². The zero-order valence-corrected chi connectivity index (χ0v) is 11.6. The first kappa shape index (κ1) is 13.8. The summed E-state index contributed by atoms with van der Waals surface area (Å²) in [7, 11) is 0. The Hall–Kier alpha value is -1.60. The van der Waals surface area contributed by atoms with E-state index in [0.29, 0.717) is 0 Å². The van der Waals surface area contributed by atoms with Gasteiger partial charge in [0.05, 0.1) is 0 Å². The lowest BCUT2D eigenvalue weighted by atomic mass is 10.0. The van der Waals surface area contributed by atoms with Crippen LogP contribution in [0.2, 0.25) is 0 Å². The first-order chi connectivity index (χ1) is 9.33. The Kier molecular flexibility index (Phi) is 5.17. The number of rotatable bonds is 6. The quantitative estimate of drug-likeness (QED) is 0.818. The monoisotopic (exact) mass is 254 g/mol. The number of benzene rings is 2. The van der Waals surface area contributed by atoms with Crippen LogP contribution in [0.3, 0.4) is 0 Å². The van der Waals surface area contributed by atoms with Gasteiger partial charge in [0.25, 0.3) is 0 Å². The molecule has 2 aromatic rings. The fraction of sp³-hybridized carbons (Fsp3) is 0.333. The van der Waals surface area contributed by atoms with Gasteiger partial charge in [0.2, 0.25) is 0 Å². The number of aryl methyl sites for hydroxylation is 2. The molecule has 0 fully saturated rings. The maximum atomic E-state index is 8.83. The van der Waals surface area contributed by atoms with Crippen LogP contribution in [0, 0.1) is 0 Å². The molecule has 2 aromatic carbocycles. The maximum absolute atomic E-state index is 8.83. The van der Waals surface area contributed by atoms with Crippen molar-refractivity contribution in [3.05, 3.63) is 59.7 Å². The van der Waals surface area contributed by atoms with Crippen molar-refractivity contribution < 1.29 is 5.11 Å². The van der Waals surface area contributed by atoms with Crippen LogP contribution >= 0.6 is 0 Å². The van der Waals surface area contributed by atoms with Crippen LogP contribution in [0.4, 0.5) is 0 Å². The molecule has 0 unspecified atom stereocenters. The number of aliphatic hydroxyl groups excluding tert-OH is 1. The molecular formula is C18H22O. The van der Waals surface area contributed by atoms with Crippen LogP contribution < -0.4 is 0 Å². The van der Waals surface area contributed by atoms with Gasteiger partial charge in [0.1, 0.15) is 0 Å². The molecule has 0 bridgehead atoms. The Labute approximate surface area is 115 Å². The standard InChI is InChI=1S/C18H22O/c1-2-4-15-6-10-17(11-7-15)18-12-8-16(9-13-18)5-3-14-19/h6-13,19H,2-5,14H2,1H3. The highest BCUT2D eigenvalue weighted by Crippen LogP contribution is 2.21. The lowest BCUT2D eigenvalue weighted by Crippen LogP contribution is -1.89. The van der Waals surface area contributed by atoms with Crippen molar-refractivity contribution in [1.82, 2.24) is 0 Å². The average Bonchev–Trinajstić information content (AvgIpc) is 2.47. The van der Waals surface area contributed by atoms with Crippen molar-refractivity contribution in [1.29, 1.82) is 0 Å². The summed E-state index contributed by atoms with van der Waals surface area (Å²) in [5, 5.41) is 8.83. The number of hydrogen-bond acceptors (Lipinski definition) is 1. The lowest BCUT2D eigenvalue weighted by molar-refractivity contribution is 0.288. The molecule has 0 radical (unpaired) electrons. The van der Waals surface area contributed by atoms with Crippen molar-refractivity contribution in [3.8, 4) is 11.1 Å². The molecule has 0 aliphatic heterocycles. The molecule has 1 nitrogen and oxygen atoms in total. The van der Waals surface area contributed by atoms with Gasteiger partial charge in [-0.25, -0.2) is 0 Å². The topological polar surface area (TPSA) is 20.2 Å². The summed E-state index contributed by atoms with van der Waals surface area (Å²) in [4.78, 5) is 0. The molecule has 0 saturated carbocycles. The van der Waals surface area contributed by atoms with Crippen molar-refractivity contribution >= 4 is 0 Å². The summed E-state index contributed by atoms with van der Waals surface area (Å²) in [5.41, 5.74) is 5.23. The molecule has 0 aliphatic carbocycles. The van der Waals surface area contributed by atoms with Crippen molar-refractivity contribution in [2.24, 2.45) is 0 Å². The van der Waals surface area contributed by atoms with Gasteiger partial charge in [-0.3, -0.25) is 0 Å². The summed E-state index contributed by atoms with van der Waals surface area (Å²) in [6.45, 7) is 2.47. The van der Waals surface area contributed by atoms with Crippen LogP contribution in [0.25, 0.3) is 11.1 Å². The van der Waals surface area contributed by atoms with E-state index in [-0.39, 0.29) is 6.61 Å². The van der Waals surface area contributed by atoms with Crippen LogP contribution in [-0.4, -0.2) is 11.7 Å². The zero-order valence-electron chi connectivity index (χ0n) is 11.6. The summed E-state index contributed by atoms with van der Waals surface area (Å²) in [6, 6.07) is 17.5. The maximum Gasteiger partial charge on any atom is 0.0434 e. The molecule has 0 spiro atoms. The summed E-state index contributed by atoms with van der Waals surface area (Å²) in [5.74, 6) is 0. The first-order valence-electron chi connectivity index (χ1n) is 7.12. The fourth-order valence-electron chi connectivity index (χ4n) is 2.30. The van der Waals surface area contributed by atoms with E-state index in [9.17, 15) is 0 Å². The fourth-order valence-corrected chi connectivity index (χ4v) is 2.30. The van der Waals surface area contributed by atoms with Crippen LogP contribution in [0.15, 0.2) is 48.5 Å². The third kappa shape index (κ3) is 3.93. The molecule has 0 heterocycles. The van der Waals surface area contributed by atoms with Gasteiger partial charge >= 0.3 is 0 Å². The Bertz CT molecular complexity index is 482.